The second-order valence-corrected chi connectivity index (χ2v) is 23.4. The molecule has 8 bridgehead atoms. The highest BCUT2D eigenvalue weighted by Crippen LogP contribution is 2.31. The lowest BCUT2D eigenvalue weighted by molar-refractivity contribution is 0.590. The van der Waals surface area contributed by atoms with Crippen molar-refractivity contribution in [3.05, 3.63) is 208 Å². The number of aryl methyl sites for hydroxylation is 4. The number of fused-ring (bicyclic) bond motifs is 2. The van der Waals surface area contributed by atoms with E-state index in [0.717, 1.165) is 89.0 Å². The Morgan fingerprint density at radius 1 is 0.222 bits per heavy atom. The molecule has 6 aromatic rings. The molecule has 6 aromatic carbocycles. The van der Waals surface area contributed by atoms with Crippen LogP contribution >= 0.6 is 0 Å². The molecular weight excluding hydrogens is 865 g/mol. The van der Waals surface area contributed by atoms with Crippen LogP contribution in [0.15, 0.2) is 97.1 Å². The van der Waals surface area contributed by atoms with Gasteiger partial charge < -0.3 is 0 Å². The zero-order valence-electron chi connectivity index (χ0n) is 44.1. The largest absolute Gasteiger partial charge is 0.0613 e. The van der Waals surface area contributed by atoms with Crippen molar-refractivity contribution in [3.63, 3.8) is 0 Å². The van der Waals surface area contributed by atoms with Gasteiger partial charge in [-0.25, -0.2) is 0 Å². The number of rotatable bonds is 0. The van der Waals surface area contributed by atoms with Gasteiger partial charge in [0.25, 0.3) is 0 Å². The fraction of sp³-hybridized carbons (Fsp3) is 0.278. The summed E-state index contributed by atoms with van der Waals surface area (Å²) in [6, 6.07) is 35.0. The molecule has 72 heavy (non-hydrogen) atoms. The summed E-state index contributed by atoms with van der Waals surface area (Å²) in [5.74, 6) is 55.7. The van der Waals surface area contributed by atoms with Crippen molar-refractivity contribution in [2.45, 2.75) is 130 Å². The molecule has 0 fully saturated rings. The summed E-state index contributed by atoms with van der Waals surface area (Å²) >= 11 is 0. The zero-order valence-corrected chi connectivity index (χ0v) is 44.1. The summed E-state index contributed by atoms with van der Waals surface area (Å²) in [4.78, 5) is 0. The lowest BCUT2D eigenvalue weighted by atomic mass is 9.84. The van der Waals surface area contributed by atoms with Crippen LogP contribution in [0.2, 0.25) is 0 Å². The van der Waals surface area contributed by atoms with Crippen LogP contribution < -0.4 is 0 Å². The third-order valence-electron chi connectivity index (χ3n) is 13.8. The van der Waals surface area contributed by atoms with E-state index in [9.17, 15) is 0 Å². The first-order valence-electron chi connectivity index (χ1n) is 25.2. The number of benzene rings is 6. The third-order valence-corrected chi connectivity index (χ3v) is 13.8. The van der Waals surface area contributed by atoms with Crippen LogP contribution in [-0.2, 0) is 47.3 Å². The fourth-order valence-electron chi connectivity index (χ4n) is 9.04. The van der Waals surface area contributed by atoms with Gasteiger partial charge in [-0.2, -0.15) is 0 Å². The van der Waals surface area contributed by atoms with Crippen molar-refractivity contribution in [2.24, 2.45) is 0 Å². The van der Waals surface area contributed by atoms with Crippen LogP contribution in [0.25, 0.3) is 0 Å². The van der Waals surface area contributed by atoms with E-state index in [1.165, 1.54) is 22.3 Å². The van der Waals surface area contributed by atoms with E-state index < -0.39 is 0 Å². The first kappa shape index (κ1) is 48.8. The Hall–Kier alpha value is -8.20. The zero-order chi connectivity index (χ0) is 51.0. The average Bonchev–Trinajstić information content (AvgIpc) is 3.31. The Balaban J connectivity index is 1.37. The molecule has 0 spiro atoms. The summed E-state index contributed by atoms with van der Waals surface area (Å²) in [6.07, 6.45) is 2.86. The molecule has 8 aliphatic carbocycles. The summed E-state index contributed by atoms with van der Waals surface area (Å²) in [7, 11) is 0. The van der Waals surface area contributed by atoms with Crippen molar-refractivity contribution in [2.75, 3.05) is 0 Å². The van der Waals surface area contributed by atoms with Crippen LogP contribution in [0.1, 0.15) is 194 Å². The molecule has 0 aromatic heterocycles. The molecule has 0 atom stereocenters. The minimum Gasteiger partial charge on any atom is -0.0613 e. The maximum absolute atomic E-state index is 3.71. The minimum atomic E-state index is -0.0776. The highest BCUT2D eigenvalue weighted by molar-refractivity contribution is 5.65. The van der Waals surface area contributed by atoms with E-state index in [-0.39, 0.29) is 21.7 Å². The number of hydrogen-bond acceptors (Lipinski definition) is 0. The lowest BCUT2D eigenvalue weighted by Crippen LogP contribution is -2.11. The minimum absolute atomic E-state index is 0.0776. The van der Waals surface area contributed by atoms with Gasteiger partial charge >= 0.3 is 0 Å². The van der Waals surface area contributed by atoms with Crippen molar-refractivity contribution >= 4 is 0 Å². The predicted molar refractivity (Wildman–Crippen MR) is 300 cm³/mol. The van der Waals surface area contributed by atoms with Gasteiger partial charge in [-0.05, 0) is 188 Å². The topological polar surface area (TPSA) is 0 Å². The first-order chi connectivity index (χ1) is 34.2. The quantitative estimate of drug-likeness (QED) is 0.133. The van der Waals surface area contributed by atoms with Crippen LogP contribution in [0.5, 0.6) is 0 Å². The van der Waals surface area contributed by atoms with Gasteiger partial charge in [0, 0.05) is 66.8 Å². The van der Waals surface area contributed by atoms with E-state index in [1.54, 1.807) is 0 Å². The molecule has 0 amide bonds. The van der Waals surface area contributed by atoms with Gasteiger partial charge in [0.2, 0.25) is 0 Å². The molecule has 14 rings (SSSR count). The molecule has 0 saturated carbocycles. The van der Waals surface area contributed by atoms with Gasteiger partial charge in [0.1, 0.15) is 0 Å². The standard InChI is InChI=1S/C72H60/c1-69(2,3)65-37-33-49-17-13-14-18-50-34-38-66(70(4,5)6)46-62(50)31-27-60-43-55-22-21-53-42-58-26-30-63-47-67(71(7,8)9)39-35-51(63)19-15-16-20-52-36-40-68(72(10,11)12)48-64(52)32-28-59(55)44-56(60)24-23-54(58)41-57(53)25-29-61(49)45-65/h33-48H,21-24H2,1-12H3. The van der Waals surface area contributed by atoms with Gasteiger partial charge in [-0.1, -0.05) is 178 Å². The van der Waals surface area contributed by atoms with Crippen LogP contribution in [0, 0.1) is 94.7 Å². The van der Waals surface area contributed by atoms with Gasteiger partial charge in [0.05, 0.1) is 0 Å². The molecule has 0 aliphatic heterocycles. The van der Waals surface area contributed by atoms with E-state index in [1.807, 2.05) is 0 Å². The SMILES string of the molecule is CC(C)(C)c1ccc2c(c1)C#Cc1cc3c4cc1CCc1cc(c(cc1C#Cc1cc(C(C)(C)C)ccc1C#CC#Cc1ccc(C(C)(C)C)cc1C#C4)CC3)C#Cc1cc(C(C)(C)C)ccc1C#CC#C2. The van der Waals surface area contributed by atoms with Crippen molar-refractivity contribution < 1.29 is 0 Å². The third kappa shape index (κ3) is 11.0. The van der Waals surface area contributed by atoms with E-state index in [2.05, 4.69) is 275 Å². The Morgan fingerprint density at radius 2 is 0.417 bits per heavy atom. The smallest absolute Gasteiger partial charge is 0.0412 e. The van der Waals surface area contributed by atoms with Gasteiger partial charge in [0.15, 0.2) is 0 Å². The van der Waals surface area contributed by atoms with E-state index >= 15 is 0 Å². The number of hydrogen-bond donors (Lipinski definition) is 0. The molecule has 0 radical (unpaired) electrons. The molecule has 0 heterocycles. The van der Waals surface area contributed by atoms with Crippen molar-refractivity contribution in [1.82, 2.24) is 0 Å². The molecule has 0 N–H and O–H groups in total. The Kier molecular flexibility index (Phi) is 13.0. The predicted octanol–water partition coefficient (Wildman–Crippen LogP) is 13.8. The summed E-state index contributed by atoms with van der Waals surface area (Å²) in [6.45, 7) is 26.8. The van der Waals surface area contributed by atoms with Crippen molar-refractivity contribution in [1.29, 1.82) is 0 Å². The monoisotopic (exact) mass is 924 g/mol. The molecule has 0 heteroatoms. The average molecular weight is 925 g/mol. The maximum Gasteiger partial charge on any atom is 0.0412 e. The van der Waals surface area contributed by atoms with E-state index in [0.29, 0.717) is 25.7 Å². The first-order valence-corrected chi connectivity index (χ1v) is 25.2. The van der Waals surface area contributed by atoms with Gasteiger partial charge in [-0.15, -0.1) is 0 Å². The fourth-order valence-corrected chi connectivity index (χ4v) is 9.04. The second-order valence-electron chi connectivity index (χ2n) is 23.4. The second kappa shape index (κ2) is 19.2. The Labute approximate surface area is 431 Å². The van der Waals surface area contributed by atoms with Gasteiger partial charge in [-0.3, -0.25) is 0 Å². The Bertz CT molecular complexity index is 3300. The Morgan fingerprint density at radius 3 is 0.611 bits per heavy atom. The normalized spacial score (nSPS) is 13.1. The summed E-state index contributed by atoms with van der Waals surface area (Å²) < 4.78 is 0. The molecular formula is C72H60. The highest BCUT2D eigenvalue weighted by atomic mass is 14.2. The molecule has 348 valence electrons. The lowest BCUT2D eigenvalue weighted by Gasteiger charge is -2.19. The molecule has 0 nitrogen and oxygen atoms in total. The molecule has 8 aliphatic rings. The molecule has 0 saturated heterocycles. The summed E-state index contributed by atoms with van der Waals surface area (Å²) in [5, 5.41) is 0. The van der Waals surface area contributed by atoms with Crippen molar-refractivity contribution in [3.8, 4) is 94.7 Å². The summed E-state index contributed by atoms with van der Waals surface area (Å²) in [5.41, 5.74) is 19.9. The van der Waals surface area contributed by atoms with Crippen LogP contribution in [0.3, 0.4) is 0 Å². The maximum atomic E-state index is 3.71. The van der Waals surface area contributed by atoms with Crippen LogP contribution in [-0.4, -0.2) is 0 Å². The van der Waals surface area contributed by atoms with E-state index in [4.69, 9.17) is 0 Å². The highest BCUT2D eigenvalue weighted by Gasteiger charge is 2.20. The molecule has 0 unspecified atom stereocenters. The van der Waals surface area contributed by atoms with Crippen LogP contribution in [0.4, 0.5) is 0 Å².